The lowest BCUT2D eigenvalue weighted by Crippen LogP contribution is -2.24. The van der Waals surface area contributed by atoms with Gasteiger partial charge in [-0.2, -0.15) is 0 Å². The van der Waals surface area contributed by atoms with Crippen molar-refractivity contribution in [1.29, 1.82) is 0 Å². The Kier molecular flexibility index (Phi) is 8.10. The smallest absolute Gasteiger partial charge is 0.241 e. The summed E-state index contributed by atoms with van der Waals surface area (Å²) in [5, 5.41) is 1.49. The van der Waals surface area contributed by atoms with Crippen LogP contribution in [0.15, 0.2) is 11.3 Å². The SMILES string of the molecule is C/C=C(\C)[Si]1CCCCO1.C1CC[Si]OC1. The summed E-state index contributed by atoms with van der Waals surface area (Å²) >= 11 is 0. The summed E-state index contributed by atoms with van der Waals surface area (Å²) in [6, 6.07) is 2.63. The van der Waals surface area contributed by atoms with Crippen LogP contribution >= 0.6 is 0 Å². The van der Waals surface area contributed by atoms with Gasteiger partial charge in [-0.3, -0.25) is 0 Å². The van der Waals surface area contributed by atoms with Crippen LogP contribution < -0.4 is 0 Å². The summed E-state index contributed by atoms with van der Waals surface area (Å²) in [4.78, 5) is 0. The van der Waals surface area contributed by atoms with E-state index in [9.17, 15) is 0 Å². The highest BCUT2D eigenvalue weighted by Gasteiger charge is 2.17. The molecule has 2 rings (SSSR count). The third-order valence-electron chi connectivity index (χ3n) is 2.82. The van der Waals surface area contributed by atoms with Crippen LogP contribution in [0.4, 0.5) is 0 Å². The molecule has 0 spiro atoms. The molecule has 0 N–H and O–H groups in total. The lowest BCUT2D eigenvalue weighted by molar-refractivity contribution is 0.292. The Morgan fingerprint density at radius 2 is 2.00 bits per heavy atom. The first kappa shape index (κ1) is 14.2. The number of rotatable bonds is 1. The largest absolute Gasteiger partial charge is 0.417 e. The van der Waals surface area contributed by atoms with Gasteiger partial charge >= 0.3 is 0 Å². The lowest BCUT2D eigenvalue weighted by atomic mass is 10.4. The Hall–Kier alpha value is 0.0938. The van der Waals surface area contributed by atoms with Crippen LogP contribution in [-0.4, -0.2) is 32.0 Å². The van der Waals surface area contributed by atoms with Gasteiger partial charge < -0.3 is 8.85 Å². The summed E-state index contributed by atoms with van der Waals surface area (Å²) in [5.41, 5.74) is 0. The Bertz CT molecular complexity index is 186. The first-order valence-electron chi connectivity index (χ1n) is 6.31. The maximum atomic E-state index is 5.66. The second-order valence-corrected chi connectivity index (χ2v) is 7.65. The topological polar surface area (TPSA) is 18.5 Å². The van der Waals surface area contributed by atoms with Crippen LogP contribution in [0.5, 0.6) is 0 Å². The highest BCUT2D eigenvalue weighted by molar-refractivity contribution is 6.60. The predicted octanol–water partition coefficient (Wildman–Crippen LogP) is 3.13. The van der Waals surface area contributed by atoms with Crippen LogP contribution in [0.25, 0.3) is 0 Å². The van der Waals surface area contributed by atoms with Crippen molar-refractivity contribution in [3.05, 3.63) is 11.3 Å². The van der Waals surface area contributed by atoms with Gasteiger partial charge in [0.25, 0.3) is 0 Å². The maximum Gasteiger partial charge on any atom is 0.241 e. The fourth-order valence-electron chi connectivity index (χ4n) is 1.64. The van der Waals surface area contributed by atoms with Crippen LogP contribution in [0.2, 0.25) is 12.1 Å². The number of hydrogen-bond donors (Lipinski definition) is 0. The minimum absolute atomic E-state index is 0.516. The molecule has 2 saturated heterocycles. The maximum absolute atomic E-state index is 5.66. The molecule has 0 aromatic heterocycles. The molecular weight excluding hydrogens is 232 g/mol. The molecule has 16 heavy (non-hydrogen) atoms. The summed E-state index contributed by atoms with van der Waals surface area (Å²) in [5.74, 6) is 0. The third kappa shape index (κ3) is 5.98. The molecule has 2 aliphatic rings. The molecule has 0 unspecified atom stereocenters. The molecule has 0 aromatic carbocycles. The van der Waals surface area contributed by atoms with Gasteiger partial charge in [0.2, 0.25) is 18.8 Å². The van der Waals surface area contributed by atoms with E-state index in [1.165, 1.54) is 43.0 Å². The fraction of sp³-hybridized carbons (Fsp3) is 0.833. The standard InChI is InChI=1S/C8H15OSi.C4H8OSi/c1-3-8(2)10-7-5-4-6-9-10;1-2-4-6-5-3-1/h3H,4-7H2,1-2H3;1-4H2/b8-3+;. The van der Waals surface area contributed by atoms with Crippen LogP contribution in [0.3, 0.4) is 0 Å². The molecule has 0 amide bonds. The third-order valence-corrected chi connectivity index (χ3v) is 6.32. The predicted molar refractivity (Wildman–Crippen MR) is 70.9 cm³/mol. The first-order chi connectivity index (χ1) is 7.84. The van der Waals surface area contributed by atoms with E-state index in [0.29, 0.717) is 0 Å². The molecule has 3 radical (unpaired) electrons. The quantitative estimate of drug-likeness (QED) is 0.670. The van der Waals surface area contributed by atoms with E-state index in [2.05, 4.69) is 19.9 Å². The van der Waals surface area contributed by atoms with E-state index in [0.717, 1.165) is 23.0 Å². The van der Waals surface area contributed by atoms with Crippen molar-refractivity contribution >= 4 is 18.8 Å². The van der Waals surface area contributed by atoms with Gasteiger partial charge in [-0.1, -0.05) is 24.1 Å². The summed E-state index contributed by atoms with van der Waals surface area (Å²) in [7, 11) is 0.286. The van der Waals surface area contributed by atoms with E-state index in [1.54, 1.807) is 0 Å². The van der Waals surface area contributed by atoms with Crippen molar-refractivity contribution in [2.75, 3.05) is 13.2 Å². The van der Waals surface area contributed by atoms with Crippen molar-refractivity contribution in [3.63, 3.8) is 0 Å². The molecule has 2 aliphatic heterocycles. The summed E-state index contributed by atoms with van der Waals surface area (Å²) in [6.07, 6.45) is 7.51. The van der Waals surface area contributed by atoms with Gasteiger partial charge in [-0.25, -0.2) is 0 Å². The van der Waals surface area contributed by atoms with E-state index in [1.807, 2.05) is 0 Å². The van der Waals surface area contributed by atoms with Crippen LogP contribution in [0.1, 0.15) is 39.5 Å². The van der Waals surface area contributed by atoms with Crippen molar-refractivity contribution in [2.45, 2.75) is 51.6 Å². The molecule has 91 valence electrons. The molecule has 0 aliphatic carbocycles. The zero-order valence-corrected chi connectivity index (χ0v) is 12.6. The molecular formula is C12H23O2Si2. The zero-order chi connectivity index (χ0) is 11.6. The van der Waals surface area contributed by atoms with E-state index < -0.39 is 9.04 Å². The van der Waals surface area contributed by atoms with E-state index >= 15 is 0 Å². The highest BCUT2D eigenvalue weighted by atomic mass is 28.3. The second-order valence-electron chi connectivity index (χ2n) is 4.15. The number of allylic oxidation sites excluding steroid dienone is 2. The van der Waals surface area contributed by atoms with Gasteiger partial charge in [-0.05, 0) is 38.8 Å². The van der Waals surface area contributed by atoms with Gasteiger partial charge in [0.15, 0.2) is 0 Å². The van der Waals surface area contributed by atoms with Crippen molar-refractivity contribution < 1.29 is 8.85 Å². The minimum atomic E-state index is -0.516. The highest BCUT2D eigenvalue weighted by Crippen LogP contribution is 2.16. The fourth-order valence-corrected chi connectivity index (χ4v) is 4.52. The monoisotopic (exact) mass is 255 g/mol. The van der Waals surface area contributed by atoms with Gasteiger partial charge in [0.05, 0.1) is 0 Å². The Balaban J connectivity index is 0.000000181. The van der Waals surface area contributed by atoms with Crippen molar-refractivity contribution in [2.24, 2.45) is 0 Å². The Morgan fingerprint density at radius 3 is 2.38 bits per heavy atom. The molecule has 0 aromatic rings. The molecule has 0 atom stereocenters. The van der Waals surface area contributed by atoms with Crippen LogP contribution in [0, 0.1) is 0 Å². The molecule has 0 saturated carbocycles. The second kappa shape index (κ2) is 9.16. The molecule has 2 heterocycles. The summed E-state index contributed by atoms with van der Waals surface area (Å²) < 4.78 is 10.8. The van der Waals surface area contributed by atoms with Gasteiger partial charge in [-0.15, -0.1) is 0 Å². The average molecular weight is 255 g/mol. The first-order valence-corrected chi connectivity index (χ1v) is 9.04. The normalized spacial score (nSPS) is 23.5. The Morgan fingerprint density at radius 1 is 1.19 bits per heavy atom. The summed E-state index contributed by atoms with van der Waals surface area (Å²) in [6.45, 7) is 6.31. The van der Waals surface area contributed by atoms with Crippen molar-refractivity contribution in [1.82, 2.24) is 0 Å². The average Bonchev–Trinajstić information content (AvgIpc) is 2.41. The molecule has 2 nitrogen and oxygen atoms in total. The van der Waals surface area contributed by atoms with E-state index in [4.69, 9.17) is 8.85 Å². The molecule has 2 fully saturated rings. The Labute approximate surface area is 104 Å². The number of hydrogen-bond acceptors (Lipinski definition) is 2. The van der Waals surface area contributed by atoms with Crippen LogP contribution in [-0.2, 0) is 8.85 Å². The van der Waals surface area contributed by atoms with Gasteiger partial charge in [0.1, 0.15) is 0 Å². The zero-order valence-electron chi connectivity index (χ0n) is 10.6. The molecule has 0 bridgehead atoms. The molecule has 4 heteroatoms. The van der Waals surface area contributed by atoms with Gasteiger partial charge in [0, 0.05) is 13.2 Å². The van der Waals surface area contributed by atoms with E-state index in [-0.39, 0.29) is 0 Å². The van der Waals surface area contributed by atoms with Crippen molar-refractivity contribution in [3.8, 4) is 0 Å². The lowest BCUT2D eigenvalue weighted by Gasteiger charge is -2.20. The minimum Gasteiger partial charge on any atom is -0.417 e.